The van der Waals surface area contributed by atoms with Crippen molar-refractivity contribution < 1.29 is 4.42 Å². The Balaban J connectivity index is 2.06. The zero-order valence-electron chi connectivity index (χ0n) is 10.2. The molecular formula is C14H23NO. The number of furan rings is 1. The summed E-state index contributed by atoms with van der Waals surface area (Å²) in [6.07, 6.45) is 11.3. The summed E-state index contributed by atoms with van der Waals surface area (Å²) in [5, 5.41) is 0. The number of rotatable bonds is 4. The lowest BCUT2D eigenvalue weighted by Gasteiger charge is -2.40. The molecule has 2 unspecified atom stereocenters. The molecule has 0 spiro atoms. The van der Waals surface area contributed by atoms with E-state index in [2.05, 4.69) is 13.0 Å². The first-order chi connectivity index (χ1) is 7.78. The largest absolute Gasteiger partial charge is 0.472 e. The predicted molar refractivity (Wildman–Crippen MR) is 66.1 cm³/mol. The SMILES string of the molecule is CCC1CCCC(CN)(Cc2ccoc2)C1. The molecular weight excluding hydrogens is 198 g/mol. The Morgan fingerprint density at radius 2 is 2.44 bits per heavy atom. The fraction of sp³-hybridized carbons (Fsp3) is 0.714. The van der Waals surface area contributed by atoms with Gasteiger partial charge in [-0.25, -0.2) is 0 Å². The van der Waals surface area contributed by atoms with E-state index in [0.29, 0.717) is 5.41 Å². The number of nitrogens with two attached hydrogens (primary N) is 1. The molecule has 1 fully saturated rings. The molecule has 2 rings (SSSR count). The molecule has 0 radical (unpaired) electrons. The van der Waals surface area contributed by atoms with Crippen molar-refractivity contribution in [3.05, 3.63) is 24.2 Å². The molecule has 0 bridgehead atoms. The van der Waals surface area contributed by atoms with Crippen LogP contribution < -0.4 is 5.73 Å². The van der Waals surface area contributed by atoms with Crippen molar-refractivity contribution in [3.8, 4) is 0 Å². The minimum atomic E-state index is 0.336. The molecule has 1 saturated carbocycles. The highest BCUT2D eigenvalue weighted by atomic mass is 16.3. The van der Waals surface area contributed by atoms with E-state index in [-0.39, 0.29) is 0 Å². The molecule has 2 nitrogen and oxygen atoms in total. The Hall–Kier alpha value is -0.760. The van der Waals surface area contributed by atoms with Crippen molar-refractivity contribution in [1.82, 2.24) is 0 Å². The topological polar surface area (TPSA) is 39.2 Å². The van der Waals surface area contributed by atoms with Gasteiger partial charge in [0.1, 0.15) is 0 Å². The molecule has 2 atom stereocenters. The molecule has 1 aromatic heterocycles. The third kappa shape index (κ3) is 2.49. The van der Waals surface area contributed by atoms with E-state index in [0.717, 1.165) is 18.9 Å². The lowest BCUT2D eigenvalue weighted by atomic mass is 9.66. The molecule has 1 aliphatic carbocycles. The summed E-state index contributed by atoms with van der Waals surface area (Å²) in [6, 6.07) is 2.08. The molecule has 1 aliphatic rings. The lowest BCUT2D eigenvalue weighted by molar-refractivity contribution is 0.142. The standard InChI is InChI=1S/C14H23NO/c1-2-12-4-3-6-14(8-12,11-15)9-13-5-7-16-10-13/h5,7,10,12H,2-4,6,8-9,11,15H2,1H3. The maximum absolute atomic E-state index is 6.04. The molecule has 2 N–H and O–H groups in total. The average Bonchev–Trinajstić information content (AvgIpc) is 2.82. The van der Waals surface area contributed by atoms with Gasteiger partial charge in [0.2, 0.25) is 0 Å². The maximum Gasteiger partial charge on any atom is 0.0934 e. The smallest absolute Gasteiger partial charge is 0.0934 e. The van der Waals surface area contributed by atoms with Crippen LogP contribution in [0.5, 0.6) is 0 Å². The molecule has 1 heterocycles. The summed E-state index contributed by atoms with van der Waals surface area (Å²) in [5.41, 5.74) is 7.68. The van der Waals surface area contributed by atoms with Crippen LogP contribution in [-0.4, -0.2) is 6.54 Å². The highest BCUT2D eigenvalue weighted by Gasteiger charge is 2.34. The van der Waals surface area contributed by atoms with Crippen molar-refractivity contribution in [1.29, 1.82) is 0 Å². The van der Waals surface area contributed by atoms with Crippen molar-refractivity contribution in [2.75, 3.05) is 6.54 Å². The monoisotopic (exact) mass is 221 g/mol. The third-order valence-corrected chi connectivity index (χ3v) is 4.21. The summed E-state index contributed by atoms with van der Waals surface area (Å²) < 4.78 is 5.16. The van der Waals surface area contributed by atoms with Crippen LogP contribution in [0.2, 0.25) is 0 Å². The van der Waals surface area contributed by atoms with Crippen LogP contribution in [0, 0.1) is 11.3 Å². The van der Waals surface area contributed by atoms with Crippen LogP contribution in [0.15, 0.2) is 23.0 Å². The van der Waals surface area contributed by atoms with Gasteiger partial charge in [0.25, 0.3) is 0 Å². The van der Waals surface area contributed by atoms with Gasteiger partial charge in [0.15, 0.2) is 0 Å². The number of hydrogen-bond acceptors (Lipinski definition) is 2. The van der Waals surface area contributed by atoms with Gasteiger partial charge in [-0.15, -0.1) is 0 Å². The van der Waals surface area contributed by atoms with E-state index in [1.54, 1.807) is 6.26 Å². The van der Waals surface area contributed by atoms with Gasteiger partial charge in [0, 0.05) is 0 Å². The Morgan fingerprint density at radius 1 is 1.56 bits per heavy atom. The van der Waals surface area contributed by atoms with E-state index >= 15 is 0 Å². The molecule has 0 aromatic carbocycles. The zero-order valence-corrected chi connectivity index (χ0v) is 10.2. The average molecular weight is 221 g/mol. The van der Waals surface area contributed by atoms with Gasteiger partial charge in [-0.1, -0.05) is 26.2 Å². The van der Waals surface area contributed by atoms with Crippen molar-refractivity contribution in [3.63, 3.8) is 0 Å². The normalized spacial score (nSPS) is 30.5. The van der Waals surface area contributed by atoms with E-state index in [4.69, 9.17) is 10.2 Å². The molecule has 0 saturated heterocycles. The first kappa shape index (κ1) is 11.7. The highest BCUT2D eigenvalue weighted by Crippen LogP contribution is 2.42. The Morgan fingerprint density at radius 3 is 3.06 bits per heavy atom. The van der Waals surface area contributed by atoms with Crippen LogP contribution in [0.1, 0.15) is 44.6 Å². The van der Waals surface area contributed by atoms with Crippen molar-refractivity contribution >= 4 is 0 Å². The summed E-state index contributed by atoms with van der Waals surface area (Å²) in [4.78, 5) is 0. The van der Waals surface area contributed by atoms with E-state index in [9.17, 15) is 0 Å². The van der Waals surface area contributed by atoms with Crippen LogP contribution in [0.3, 0.4) is 0 Å². The Bertz CT molecular complexity index is 307. The van der Waals surface area contributed by atoms with Gasteiger partial charge in [-0.05, 0) is 48.8 Å². The zero-order chi connectivity index (χ0) is 11.4. The maximum atomic E-state index is 6.04. The van der Waals surface area contributed by atoms with Crippen molar-refractivity contribution in [2.24, 2.45) is 17.1 Å². The second kappa shape index (κ2) is 5.05. The van der Waals surface area contributed by atoms with Crippen LogP contribution >= 0.6 is 0 Å². The van der Waals surface area contributed by atoms with Crippen LogP contribution in [0.25, 0.3) is 0 Å². The first-order valence-corrected chi connectivity index (χ1v) is 6.49. The molecule has 0 amide bonds. The highest BCUT2D eigenvalue weighted by molar-refractivity contribution is 5.10. The van der Waals surface area contributed by atoms with Gasteiger partial charge in [-0.3, -0.25) is 0 Å². The fourth-order valence-electron chi connectivity index (χ4n) is 3.18. The molecule has 0 aliphatic heterocycles. The quantitative estimate of drug-likeness (QED) is 0.846. The third-order valence-electron chi connectivity index (χ3n) is 4.21. The lowest BCUT2D eigenvalue weighted by Crippen LogP contribution is -2.37. The van der Waals surface area contributed by atoms with Crippen molar-refractivity contribution in [2.45, 2.75) is 45.4 Å². The van der Waals surface area contributed by atoms with E-state index in [1.807, 2.05) is 6.26 Å². The van der Waals surface area contributed by atoms with Gasteiger partial charge < -0.3 is 10.2 Å². The van der Waals surface area contributed by atoms with Gasteiger partial charge >= 0.3 is 0 Å². The summed E-state index contributed by atoms with van der Waals surface area (Å²) in [7, 11) is 0. The molecule has 2 heteroatoms. The second-order valence-corrected chi connectivity index (χ2v) is 5.38. The minimum Gasteiger partial charge on any atom is -0.472 e. The Labute approximate surface area is 98.2 Å². The first-order valence-electron chi connectivity index (χ1n) is 6.49. The molecule has 1 aromatic rings. The van der Waals surface area contributed by atoms with E-state index in [1.165, 1.54) is 37.7 Å². The molecule has 90 valence electrons. The summed E-state index contributed by atoms with van der Waals surface area (Å²) in [5.74, 6) is 0.879. The Kier molecular flexibility index (Phi) is 3.70. The summed E-state index contributed by atoms with van der Waals surface area (Å²) in [6.45, 7) is 3.11. The van der Waals surface area contributed by atoms with Crippen LogP contribution in [0.4, 0.5) is 0 Å². The van der Waals surface area contributed by atoms with Gasteiger partial charge in [-0.2, -0.15) is 0 Å². The van der Waals surface area contributed by atoms with Gasteiger partial charge in [0.05, 0.1) is 12.5 Å². The summed E-state index contributed by atoms with van der Waals surface area (Å²) >= 11 is 0. The number of hydrogen-bond donors (Lipinski definition) is 1. The van der Waals surface area contributed by atoms with E-state index < -0.39 is 0 Å². The van der Waals surface area contributed by atoms with Crippen LogP contribution in [-0.2, 0) is 6.42 Å². The predicted octanol–water partition coefficient (Wildman–Crippen LogP) is 3.37. The minimum absolute atomic E-state index is 0.336. The fourth-order valence-corrected chi connectivity index (χ4v) is 3.18. The molecule has 16 heavy (non-hydrogen) atoms. The second-order valence-electron chi connectivity index (χ2n) is 5.38.